The number of ether oxygens (including phenoxy) is 1. The number of pyridine rings is 1. The number of likely N-dealkylation sites (N-methyl/N-ethyl adjacent to an activating group) is 1. The molecule has 0 aliphatic carbocycles. The van der Waals surface area contributed by atoms with Crippen molar-refractivity contribution in [3.8, 4) is 5.75 Å². The summed E-state index contributed by atoms with van der Waals surface area (Å²) in [5.41, 5.74) is 0.567. The molecule has 4 nitrogen and oxygen atoms in total. The van der Waals surface area contributed by atoms with Crippen LogP contribution in [0.5, 0.6) is 5.75 Å². The van der Waals surface area contributed by atoms with Gasteiger partial charge in [0.05, 0.1) is 24.9 Å². The van der Waals surface area contributed by atoms with Crippen LogP contribution in [0.25, 0.3) is 0 Å². The van der Waals surface area contributed by atoms with Crippen LogP contribution in [-0.4, -0.2) is 40.7 Å². The van der Waals surface area contributed by atoms with Gasteiger partial charge in [-0.25, -0.2) is 0 Å². The lowest BCUT2D eigenvalue weighted by molar-refractivity contribution is -0.0368. The highest BCUT2D eigenvalue weighted by atomic mass is 16.5. The highest BCUT2D eigenvalue weighted by Crippen LogP contribution is 2.37. The summed E-state index contributed by atoms with van der Waals surface area (Å²) >= 11 is 0. The summed E-state index contributed by atoms with van der Waals surface area (Å²) in [7, 11) is 1.62. The smallest absolute Gasteiger partial charge is 0.137 e. The lowest BCUT2D eigenvalue weighted by Gasteiger charge is -2.45. The van der Waals surface area contributed by atoms with E-state index in [-0.39, 0.29) is 5.54 Å². The van der Waals surface area contributed by atoms with E-state index in [0.29, 0.717) is 5.75 Å². The molecule has 0 radical (unpaired) electrons. The molecule has 0 bridgehead atoms. The minimum atomic E-state index is -0.569. The molecule has 0 spiro atoms. The Morgan fingerprint density at radius 3 is 2.25 bits per heavy atom. The molecule has 0 fully saturated rings. The third-order valence-corrected chi connectivity index (χ3v) is 4.41. The molecule has 1 aromatic heterocycles. The second-order valence-corrected chi connectivity index (χ2v) is 5.04. The average Bonchev–Trinajstić information content (AvgIpc) is 2.52. The van der Waals surface area contributed by atoms with Crippen molar-refractivity contribution in [2.24, 2.45) is 0 Å². The predicted molar refractivity (Wildman–Crippen MR) is 82.0 cm³/mol. The Bertz CT molecular complexity index is 401. The van der Waals surface area contributed by atoms with Crippen LogP contribution in [0, 0.1) is 0 Å². The fourth-order valence-electron chi connectivity index (χ4n) is 3.12. The SMILES string of the molecule is CCN(CC)C(CC)(CC)C(O)c1cncc(OC)c1. The Kier molecular flexibility index (Phi) is 6.43. The van der Waals surface area contributed by atoms with Gasteiger partial charge in [-0.3, -0.25) is 9.88 Å². The highest BCUT2D eigenvalue weighted by Gasteiger charge is 2.40. The molecule has 0 aliphatic rings. The third kappa shape index (κ3) is 3.13. The van der Waals surface area contributed by atoms with E-state index in [0.717, 1.165) is 31.5 Å². The minimum Gasteiger partial charge on any atom is -0.495 e. The van der Waals surface area contributed by atoms with Crippen LogP contribution in [0.4, 0.5) is 0 Å². The minimum absolute atomic E-state index is 0.252. The summed E-state index contributed by atoms with van der Waals surface area (Å²) in [6.07, 6.45) is 4.61. The number of aliphatic hydroxyl groups excluding tert-OH is 1. The first-order valence-corrected chi connectivity index (χ1v) is 7.51. The number of aliphatic hydroxyl groups is 1. The van der Waals surface area contributed by atoms with Gasteiger partial charge in [0.25, 0.3) is 0 Å². The molecule has 0 amide bonds. The zero-order valence-electron chi connectivity index (χ0n) is 13.4. The number of aromatic nitrogens is 1. The van der Waals surface area contributed by atoms with E-state index in [1.807, 2.05) is 6.07 Å². The van der Waals surface area contributed by atoms with E-state index in [4.69, 9.17) is 4.74 Å². The second kappa shape index (κ2) is 7.60. The summed E-state index contributed by atoms with van der Waals surface area (Å²) < 4.78 is 5.21. The Balaban J connectivity index is 3.18. The van der Waals surface area contributed by atoms with Crippen molar-refractivity contribution in [1.82, 2.24) is 9.88 Å². The van der Waals surface area contributed by atoms with Gasteiger partial charge in [0.1, 0.15) is 5.75 Å². The van der Waals surface area contributed by atoms with E-state index in [1.54, 1.807) is 19.5 Å². The first-order valence-electron chi connectivity index (χ1n) is 7.51. The first kappa shape index (κ1) is 16.9. The van der Waals surface area contributed by atoms with Crippen LogP contribution in [0.15, 0.2) is 18.5 Å². The molecule has 1 atom stereocenters. The molecule has 0 saturated carbocycles. The van der Waals surface area contributed by atoms with E-state index in [2.05, 4.69) is 37.6 Å². The third-order valence-electron chi connectivity index (χ3n) is 4.41. The van der Waals surface area contributed by atoms with Gasteiger partial charge in [-0.05, 0) is 32.0 Å². The number of methoxy groups -OCH3 is 1. The van der Waals surface area contributed by atoms with Gasteiger partial charge in [-0.15, -0.1) is 0 Å². The number of nitrogens with zero attached hydrogens (tertiary/aromatic N) is 2. The van der Waals surface area contributed by atoms with E-state index >= 15 is 0 Å². The molecule has 1 N–H and O–H groups in total. The van der Waals surface area contributed by atoms with Crippen LogP contribution in [0.1, 0.15) is 52.2 Å². The maximum atomic E-state index is 10.9. The highest BCUT2D eigenvalue weighted by molar-refractivity contribution is 5.27. The average molecular weight is 280 g/mol. The number of hydrogen-bond acceptors (Lipinski definition) is 4. The molecule has 0 aliphatic heterocycles. The maximum Gasteiger partial charge on any atom is 0.137 e. The van der Waals surface area contributed by atoms with Crippen molar-refractivity contribution >= 4 is 0 Å². The van der Waals surface area contributed by atoms with Crippen molar-refractivity contribution in [1.29, 1.82) is 0 Å². The normalized spacial score (nSPS) is 13.6. The van der Waals surface area contributed by atoms with Crippen LogP contribution >= 0.6 is 0 Å². The molecule has 114 valence electrons. The Labute approximate surface area is 122 Å². The predicted octanol–water partition coefficient (Wildman–Crippen LogP) is 3.02. The second-order valence-electron chi connectivity index (χ2n) is 5.04. The Morgan fingerprint density at radius 1 is 1.20 bits per heavy atom. The fraction of sp³-hybridized carbons (Fsp3) is 0.688. The summed E-state index contributed by atoms with van der Waals surface area (Å²) in [4.78, 5) is 6.51. The van der Waals surface area contributed by atoms with Crippen molar-refractivity contribution in [3.63, 3.8) is 0 Å². The van der Waals surface area contributed by atoms with Gasteiger partial charge in [-0.1, -0.05) is 27.7 Å². The Hall–Kier alpha value is -1.13. The fourth-order valence-corrected chi connectivity index (χ4v) is 3.12. The van der Waals surface area contributed by atoms with Gasteiger partial charge >= 0.3 is 0 Å². The van der Waals surface area contributed by atoms with E-state index in [9.17, 15) is 5.11 Å². The molecule has 1 unspecified atom stereocenters. The molecular weight excluding hydrogens is 252 g/mol. The lowest BCUT2D eigenvalue weighted by atomic mass is 9.81. The van der Waals surface area contributed by atoms with Crippen molar-refractivity contribution in [2.75, 3.05) is 20.2 Å². The van der Waals surface area contributed by atoms with Crippen LogP contribution < -0.4 is 4.74 Å². The van der Waals surface area contributed by atoms with Crippen LogP contribution in [-0.2, 0) is 0 Å². The molecule has 1 heterocycles. The van der Waals surface area contributed by atoms with Crippen molar-refractivity contribution in [2.45, 2.75) is 52.2 Å². The topological polar surface area (TPSA) is 45.6 Å². The molecule has 0 aromatic carbocycles. The van der Waals surface area contributed by atoms with E-state index in [1.165, 1.54) is 0 Å². The van der Waals surface area contributed by atoms with Gasteiger partial charge in [0, 0.05) is 11.8 Å². The molecular formula is C16H28N2O2. The zero-order valence-corrected chi connectivity index (χ0v) is 13.4. The van der Waals surface area contributed by atoms with Crippen molar-refractivity contribution < 1.29 is 9.84 Å². The van der Waals surface area contributed by atoms with Gasteiger partial charge in [0.2, 0.25) is 0 Å². The van der Waals surface area contributed by atoms with E-state index < -0.39 is 6.10 Å². The molecule has 0 saturated heterocycles. The molecule has 4 heteroatoms. The quantitative estimate of drug-likeness (QED) is 0.795. The number of hydrogen-bond donors (Lipinski definition) is 1. The summed E-state index contributed by atoms with van der Waals surface area (Å²) in [6, 6.07) is 1.88. The lowest BCUT2D eigenvalue weighted by Crippen LogP contribution is -2.52. The monoisotopic (exact) mass is 280 g/mol. The van der Waals surface area contributed by atoms with Crippen LogP contribution in [0.2, 0.25) is 0 Å². The van der Waals surface area contributed by atoms with Gasteiger partial charge < -0.3 is 9.84 Å². The Morgan fingerprint density at radius 2 is 1.80 bits per heavy atom. The largest absolute Gasteiger partial charge is 0.495 e. The maximum absolute atomic E-state index is 10.9. The first-order chi connectivity index (χ1) is 9.59. The summed E-state index contributed by atoms with van der Waals surface area (Å²) in [6.45, 7) is 10.4. The molecule has 20 heavy (non-hydrogen) atoms. The zero-order chi connectivity index (χ0) is 15.2. The molecule has 1 rings (SSSR count). The molecule has 1 aromatic rings. The van der Waals surface area contributed by atoms with Gasteiger partial charge in [0.15, 0.2) is 0 Å². The number of rotatable bonds is 8. The van der Waals surface area contributed by atoms with Crippen molar-refractivity contribution in [3.05, 3.63) is 24.0 Å². The summed E-state index contributed by atoms with van der Waals surface area (Å²) in [5, 5.41) is 10.9. The van der Waals surface area contributed by atoms with Gasteiger partial charge in [-0.2, -0.15) is 0 Å². The standard InChI is InChI=1S/C16H28N2O2/c1-6-16(7-2,18(8-3)9-4)15(19)13-10-14(20-5)12-17-11-13/h10-12,15,19H,6-9H2,1-5H3. The van der Waals surface area contributed by atoms with Crippen LogP contribution in [0.3, 0.4) is 0 Å². The summed E-state index contributed by atoms with van der Waals surface area (Å²) in [5.74, 6) is 0.683.